The van der Waals surface area contributed by atoms with Gasteiger partial charge in [-0.25, -0.2) is 0 Å². The second-order valence-corrected chi connectivity index (χ2v) is 7.77. The normalized spacial score (nSPS) is 10.6. The molecule has 0 radical (unpaired) electrons. The predicted molar refractivity (Wildman–Crippen MR) is 114 cm³/mol. The van der Waals surface area contributed by atoms with Crippen LogP contribution in [0.2, 0.25) is 0 Å². The monoisotopic (exact) mass is 410 g/mol. The van der Waals surface area contributed by atoms with Crippen molar-refractivity contribution >= 4 is 34.0 Å². The summed E-state index contributed by atoms with van der Waals surface area (Å²) in [4.78, 5) is 24.4. The molecule has 3 rings (SSSR count). The Morgan fingerprint density at radius 1 is 1.07 bits per heavy atom. The summed E-state index contributed by atoms with van der Waals surface area (Å²) in [5.74, 6) is 0.247. The zero-order valence-corrected chi connectivity index (χ0v) is 17.2. The van der Waals surface area contributed by atoms with Gasteiger partial charge in [-0.1, -0.05) is 43.4 Å². The molecule has 2 aromatic carbocycles. The number of amides is 2. The number of hydrogen-bond donors (Lipinski definition) is 2. The summed E-state index contributed by atoms with van der Waals surface area (Å²) in [5.41, 5.74) is 2.08. The Morgan fingerprint density at radius 2 is 1.83 bits per heavy atom. The molecule has 0 saturated carbocycles. The van der Waals surface area contributed by atoms with E-state index in [9.17, 15) is 9.59 Å². The van der Waals surface area contributed by atoms with Gasteiger partial charge in [0.25, 0.3) is 5.91 Å². The van der Waals surface area contributed by atoms with Gasteiger partial charge in [-0.05, 0) is 35.9 Å². The van der Waals surface area contributed by atoms with Crippen LogP contribution in [-0.2, 0) is 11.2 Å². The summed E-state index contributed by atoms with van der Waals surface area (Å²) in [6.07, 6.45) is 0.619. The number of rotatable bonds is 7. The molecule has 0 aliphatic carbocycles. The third kappa shape index (κ3) is 5.61. The molecule has 2 N–H and O–H groups in total. The Kier molecular flexibility index (Phi) is 6.56. The van der Waals surface area contributed by atoms with Crippen LogP contribution in [0.5, 0.6) is 5.75 Å². The van der Waals surface area contributed by atoms with Crippen molar-refractivity contribution in [3.63, 3.8) is 0 Å². The van der Waals surface area contributed by atoms with Gasteiger partial charge in [-0.3, -0.25) is 14.9 Å². The van der Waals surface area contributed by atoms with Gasteiger partial charge in [0.15, 0.2) is 0 Å². The van der Waals surface area contributed by atoms with Crippen molar-refractivity contribution in [1.29, 1.82) is 0 Å². The highest BCUT2D eigenvalue weighted by Gasteiger charge is 2.13. The lowest BCUT2D eigenvalue weighted by Crippen LogP contribution is -2.18. The minimum atomic E-state index is -0.308. The first-order valence-corrected chi connectivity index (χ1v) is 9.94. The Labute approximate surface area is 173 Å². The summed E-state index contributed by atoms with van der Waals surface area (Å²) < 4.78 is 5.15. The van der Waals surface area contributed by atoms with Crippen LogP contribution in [-0.4, -0.2) is 29.1 Å². The van der Waals surface area contributed by atoms with Crippen molar-refractivity contribution in [2.75, 3.05) is 17.7 Å². The molecule has 0 bridgehead atoms. The number of benzene rings is 2. The fourth-order valence-corrected chi connectivity index (χ4v) is 3.26. The van der Waals surface area contributed by atoms with Crippen LogP contribution in [0, 0.1) is 5.92 Å². The van der Waals surface area contributed by atoms with Crippen LogP contribution >= 0.6 is 11.3 Å². The molecule has 1 heterocycles. The van der Waals surface area contributed by atoms with Gasteiger partial charge in [0, 0.05) is 23.6 Å². The van der Waals surface area contributed by atoms with Gasteiger partial charge in [0.2, 0.25) is 11.0 Å². The van der Waals surface area contributed by atoms with Gasteiger partial charge < -0.3 is 10.1 Å². The highest BCUT2D eigenvalue weighted by Crippen LogP contribution is 2.21. The van der Waals surface area contributed by atoms with Gasteiger partial charge >= 0.3 is 0 Å². The van der Waals surface area contributed by atoms with Crippen molar-refractivity contribution < 1.29 is 14.3 Å². The van der Waals surface area contributed by atoms with E-state index in [4.69, 9.17) is 4.74 Å². The SMILES string of the molecule is COc1ccc(Cc2nnc(NC(=O)c3cccc(NC(=O)C(C)C)c3)s2)cc1. The molecule has 29 heavy (non-hydrogen) atoms. The molecule has 7 nitrogen and oxygen atoms in total. The van der Waals surface area contributed by atoms with Crippen LogP contribution in [0.15, 0.2) is 48.5 Å². The molecule has 1 aromatic heterocycles. The van der Waals surface area contributed by atoms with Crippen LogP contribution in [0.25, 0.3) is 0 Å². The summed E-state index contributed by atoms with van der Waals surface area (Å²) >= 11 is 1.32. The molecule has 0 saturated heterocycles. The maximum atomic E-state index is 12.5. The summed E-state index contributed by atoms with van der Waals surface area (Å²) in [6.45, 7) is 3.62. The van der Waals surface area contributed by atoms with Gasteiger partial charge in [0.1, 0.15) is 10.8 Å². The fraction of sp³-hybridized carbons (Fsp3) is 0.238. The zero-order valence-electron chi connectivity index (χ0n) is 16.4. The quantitative estimate of drug-likeness (QED) is 0.614. The minimum Gasteiger partial charge on any atom is -0.497 e. The lowest BCUT2D eigenvalue weighted by Gasteiger charge is -2.09. The van der Waals surface area contributed by atoms with E-state index in [1.165, 1.54) is 11.3 Å². The largest absolute Gasteiger partial charge is 0.497 e. The molecule has 0 fully saturated rings. The second kappa shape index (κ2) is 9.29. The van der Waals surface area contributed by atoms with Crippen molar-refractivity contribution in [2.45, 2.75) is 20.3 Å². The molecule has 2 amide bonds. The van der Waals surface area contributed by atoms with E-state index in [0.717, 1.165) is 16.3 Å². The van der Waals surface area contributed by atoms with E-state index in [1.807, 2.05) is 38.1 Å². The van der Waals surface area contributed by atoms with Crippen molar-refractivity contribution in [3.8, 4) is 5.75 Å². The number of hydrogen-bond acceptors (Lipinski definition) is 6. The highest BCUT2D eigenvalue weighted by atomic mass is 32.1. The third-order valence-corrected chi connectivity index (χ3v) is 4.96. The standard InChI is InChI=1S/C21H22N4O3S/c1-13(2)19(26)22-16-6-4-5-15(12-16)20(27)23-21-25-24-18(29-21)11-14-7-9-17(28-3)10-8-14/h4-10,12-13H,11H2,1-3H3,(H,22,26)(H,23,25,27). The predicted octanol–water partition coefficient (Wildman–Crippen LogP) is 3.98. The Hall–Kier alpha value is -3.26. The zero-order chi connectivity index (χ0) is 20.8. The molecule has 0 unspecified atom stereocenters. The summed E-state index contributed by atoms with van der Waals surface area (Å²) in [6, 6.07) is 14.5. The molecular weight excluding hydrogens is 388 g/mol. The summed E-state index contributed by atoms with van der Waals surface area (Å²) in [7, 11) is 1.63. The first-order chi connectivity index (χ1) is 13.9. The van der Waals surface area contributed by atoms with E-state index >= 15 is 0 Å². The number of methoxy groups -OCH3 is 1. The van der Waals surface area contributed by atoms with Crippen molar-refractivity contribution in [3.05, 3.63) is 64.7 Å². The average molecular weight is 410 g/mol. The molecule has 0 aliphatic heterocycles. The Bertz CT molecular complexity index is 999. The fourth-order valence-electron chi connectivity index (χ4n) is 2.49. The molecular formula is C21H22N4O3S. The number of aromatic nitrogens is 2. The van der Waals surface area contributed by atoms with Crippen LogP contribution in [0.4, 0.5) is 10.8 Å². The van der Waals surface area contributed by atoms with Crippen molar-refractivity contribution in [2.24, 2.45) is 5.92 Å². The number of carbonyl (C=O) groups excluding carboxylic acids is 2. The molecule has 150 valence electrons. The van der Waals surface area contributed by atoms with Gasteiger partial charge in [-0.2, -0.15) is 0 Å². The smallest absolute Gasteiger partial charge is 0.257 e. The first-order valence-electron chi connectivity index (χ1n) is 9.12. The molecule has 0 aliphatic rings. The average Bonchev–Trinajstić information content (AvgIpc) is 3.15. The maximum Gasteiger partial charge on any atom is 0.257 e. The Balaban J connectivity index is 1.63. The third-order valence-electron chi connectivity index (χ3n) is 4.12. The molecule has 3 aromatic rings. The Morgan fingerprint density at radius 3 is 2.52 bits per heavy atom. The van der Waals surface area contributed by atoms with Gasteiger partial charge in [0.05, 0.1) is 7.11 Å². The molecule has 8 heteroatoms. The van der Waals surface area contributed by atoms with Crippen molar-refractivity contribution in [1.82, 2.24) is 10.2 Å². The first kappa shape index (κ1) is 20.5. The van der Waals surface area contributed by atoms with E-state index in [2.05, 4.69) is 20.8 Å². The lowest BCUT2D eigenvalue weighted by molar-refractivity contribution is -0.118. The van der Waals surface area contributed by atoms with E-state index < -0.39 is 0 Å². The number of anilines is 2. The topological polar surface area (TPSA) is 93.2 Å². The van der Waals surface area contributed by atoms with Gasteiger partial charge in [-0.15, -0.1) is 10.2 Å². The number of ether oxygens (including phenoxy) is 1. The number of nitrogens with zero attached hydrogens (tertiary/aromatic N) is 2. The van der Waals surface area contributed by atoms with E-state index in [1.54, 1.807) is 31.4 Å². The molecule has 0 atom stereocenters. The van der Waals surface area contributed by atoms with Crippen LogP contribution in [0.3, 0.4) is 0 Å². The van der Waals surface area contributed by atoms with E-state index in [0.29, 0.717) is 22.8 Å². The van der Waals surface area contributed by atoms with Crippen LogP contribution < -0.4 is 15.4 Å². The second-order valence-electron chi connectivity index (χ2n) is 6.70. The number of nitrogens with one attached hydrogen (secondary N) is 2. The minimum absolute atomic E-state index is 0.102. The maximum absolute atomic E-state index is 12.5. The highest BCUT2D eigenvalue weighted by molar-refractivity contribution is 7.15. The van der Waals surface area contributed by atoms with E-state index in [-0.39, 0.29) is 17.7 Å². The summed E-state index contributed by atoms with van der Waals surface area (Å²) in [5, 5.41) is 15.0. The molecule has 0 spiro atoms. The van der Waals surface area contributed by atoms with Crippen LogP contribution in [0.1, 0.15) is 34.8 Å². The number of carbonyl (C=O) groups is 2. The lowest BCUT2D eigenvalue weighted by atomic mass is 10.1.